The average Bonchev–Trinajstić information content (AvgIpc) is 1.91. The summed E-state index contributed by atoms with van der Waals surface area (Å²) in [6.45, 7) is 6.75. The lowest BCUT2D eigenvalue weighted by Crippen LogP contribution is -2.24. The third kappa shape index (κ3) is 10.8. The van der Waals surface area contributed by atoms with Crippen molar-refractivity contribution in [2.24, 2.45) is 0 Å². The molecule has 0 amide bonds. The van der Waals surface area contributed by atoms with Crippen LogP contribution in [0.4, 0.5) is 0 Å². The fraction of sp³-hybridized carbons (Fsp3) is 1.00. The molecule has 2 nitrogen and oxygen atoms in total. The summed E-state index contributed by atoms with van der Waals surface area (Å²) in [6, 6.07) is 0. The van der Waals surface area contributed by atoms with Crippen molar-refractivity contribution < 1.29 is 5.11 Å². The van der Waals surface area contributed by atoms with Crippen LogP contribution in [0.3, 0.4) is 0 Å². The molecule has 1 unspecified atom stereocenters. The van der Waals surface area contributed by atoms with E-state index in [4.69, 9.17) is 5.11 Å². The van der Waals surface area contributed by atoms with Crippen LogP contribution in [-0.4, -0.2) is 36.8 Å². The Hall–Kier alpha value is -0.0800. The molecule has 10 heavy (non-hydrogen) atoms. The predicted molar refractivity (Wildman–Crippen MR) is 46.2 cm³/mol. The van der Waals surface area contributed by atoms with Gasteiger partial charge in [-0.05, 0) is 20.5 Å². The number of aliphatic hydroxyl groups is 1. The van der Waals surface area contributed by atoms with E-state index in [0.29, 0.717) is 0 Å². The number of rotatable bonds is 3. The van der Waals surface area contributed by atoms with Crippen LogP contribution in [0.15, 0.2) is 0 Å². The van der Waals surface area contributed by atoms with E-state index in [9.17, 15) is 0 Å². The monoisotopic (exact) mass is 147 g/mol. The number of likely N-dealkylation sites (N-methyl/N-ethyl adjacent to an activating group) is 1. The van der Waals surface area contributed by atoms with Gasteiger partial charge in [0.15, 0.2) is 0 Å². The molecule has 0 aromatic heterocycles. The molecule has 0 saturated carbocycles. The Morgan fingerprint density at radius 3 is 1.80 bits per heavy atom. The van der Waals surface area contributed by atoms with Crippen LogP contribution in [0.5, 0.6) is 0 Å². The van der Waals surface area contributed by atoms with E-state index in [1.807, 2.05) is 39.8 Å². The van der Waals surface area contributed by atoms with Gasteiger partial charge in [-0.15, -0.1) is 0 Å². The molecule has 0 radical (unpaired) electrons. The maximum atomic E-state index is 8.99. The van der Waals surface area contributed by atoms with Gasteiger partial charge in [-0.3, -0.25) is 0 Å². The van der Waals surface area contributed by atoms with Gasteiger partial charge in [-0.1, -0.05) is 20.8 Å². The summed E-state index contributed by atoms with van der Waals surface area (Å²) in [4.78, 5) is 1.98. The summed E-state index contributed by atoms with van der Waals surface area (Å²) in [5.74, 6) is 0. The van der Waals surface area contributed by atoms with Crippen molar-refractivity contribution in [3.63, 3.8) is 0 Å². The first-order valence-corrected chi connectivity index (χ1v) is 3.99. The van der Waals surface area contributed by atoms with Crippen LogP contribution in [0.25, 0.3) is 0 Å². The smallest absolute Gasteiger partial charge is 0.0664 e. The number of hydrogen-bond donors (Lipinski definition) is 1. The van der Waals surface area contributed by atoms with Gasteiger partial charge in [0.05, 0.1) is 6.10 Å². The van der Waals surface area contributed by atoms with Crippen LogP contribution in [-0.2, 0) is 0 Å². The Balaban J connectivity index is 0. The molecule has 0 aliphatic rings. The fourth-order valence-corrected chi connectivity index (χ4v) is 0.551. The first-order valence-electron chi connectivity index (χ1n) is 3.99. The van der Waals surface area contributed by atoms with Crippen LogP contribution >= 0.6 is 0 Å². The highest BCUT2D eigenvalue weighted by molar-refractivity contribution is 4.53. The molecule has 0 aromatic rings. The summed E-state index contributed by atoms with van der Waals surface area (Å²) in [5.41, 5.74) is 0. The minimum absolute atomic E-state index is 0.148. The SMILES string of the molecule is CC.CCC(O)CN(C)C. The topological polar surface area (TPSA) is 23.5 Å². The molecule has 2 heteroatoms. The van der Waals surface area contributed by atoms with E-state index in [1.54, 1.807) is 0 Å². The lowest BCUT2D eigenvalue weighted by atomic mass is 10.3. The molecule has 0 spiro atoms. The van der Waals surface area contributed by atoms with Gasteiger partial charge < -0.3 is 10.0 Å². The van der Waals surface area contributed by atoms with Gasteiger partial charge in [0, 0.05) is 6.54 Å². The van der Waals surface area contributed by atoms with Crippen molar-refractivity contribution >= 4 is 0 Å². The van der Waals surface area contributed by atoms with E-state index in [0.717, 1.165) is 13.0 Å². The molecule has 0 aliphatic carbocycles. The van der Waals surface area contributed by atoms with Gasteiger partial charge in [0.1, 0.15) is 0 Å². The second-order valence-electron chi connectivity index (χ2n) is 2.32. The highest BCUT2D eigenvalue weighted by atomic mass is 16.3. The van der Waals surface area contributed by atoms with Crippen molar-refractivity contribution in [3.05, 3.63) is 0 Å². The highest BCUT2D eigenvalue weighted by Gasteiger charge is 1.99. The molecule has 0 bridgehead atoms. The lowest BCUT2D eigenvalue weighted by Gasteiger charge is -2.13. The summed E-state index contributed by atoms with van der Waals surface area (Å²) in [5, 5.41) is 8.99. The second-order valence-corrected chi connectivity index (χ2v) is 2.32. The van der Waals surface area contributed by atoms with Gasteiger partial charge in [0.2, 0.25) is 0 Å². The molecular formula is C8H21NO. The van der Waals surface area contributed by atoms with Gasteiger partial charge in [-0.2, -0.15) is 0 Å². The molecule has 0 heterocycles. The van der Waals surface area contributed by atoms with E-state index < -0.39 is 0 Å². The zero-order valence-corrected chi connectivity index (χ0v) is 7.89. The minimum atomic E-state index is -0.148. The van der Waals surface area contributed by atoms with E-state index in [1.165, 1.54) is 0 Å². The zero-order chi connectivity index (χ0) is 8.57. The van der Waals surface area contributed by atoms with E-state index in [-0.39, 0.29) is 6.10 Å². The van der Waals surface area contributed by atoms with Gasteiger partial charge in [-0.25, -0.2) is 0 Å². The molecule has 0 aromatic carbocycles. The Morgan fingerprint density at radius 2 is 1.70 bits per heavy atom. The molecule has 0 fully saturated rings. The summed E-state index contributed by atoms with van der Waals surface area (Å²) in [7, 11) is 3.91. The summed E-state index contributed by atoms with van der Waals surface area (Å²) < 4.78 is 0. The first-order chi connectivity index (χ1) is 4.66. The number of aliphatic hydroxyl groups excluding tert-OH is 1. The standard InChI is InChI=1S/C6H15NO.C2H6/c1-4-6(8)5-7(2)3;1-2/h6,8H,4-5H2,1-3H3;1-2H3. The van der Waals surface area contributed by atoms with Crippen molar-refractivity contribution in [2.45, 2.75) is 33.3 Å². The zero-order valence-electron chi connectivity index (χ0n) is 7.89. The molecule has 0 aliphatic heterocycles. The van der Waals surface area contributed by atoms with Crippen molar-refractivity contribution in [2.75, 3.05) is 20.6 Å². The molecule has 0 rings (SSSR count). The van der Waals surface area contributed by atoms with E-state index in [2.05, 4.69) is 0 Å². The average molecular weight is 147 g/mol. The maximum Gasteiger partial charge on any atom is 0.0664 e. The Bertz CT molecular complexity index is 55.2. The summed E-state index contributed by atoms with van der Waals surface area (Å²) in [6.07, 6.45) is 0.697. The highest BCUT2D eigenvalue weighted by Crippen LogP contribution is 1.89. The van der Waals surface area contributed by atoms with Crippen molar-refractivity contribution in [1.82, 2.24) is 4.90 Å². The first kappa shape index (κ1) is 12.6. The number of hydrogen-bond acceptors (Lipinski definition) is 2. The molecule has 1 N–H and O–H groups in total. The normalized spacial score (nSPS) is 12.3. The summed E-state index contributed by atoms with van der Waals surface area (Å²) >= 11 is 0. The molecular weight excluding hydrogens is 126 g/mol. The Kier molecular flexibility index (Phi) is 11.2. The second kappa shape index (κ2) is 8.92. The minimum Gasteiger partial charge on any atom is -0.392 e. The fourth-order valence-electron chi connectivity index (χ4n) is 0.551. The Morgan fingerprint density at radius 1 is 1.30 bits per heavy atom. The number of nitrogens with zero attached hydrogens (tertiary/aromatic N) is 1. The maximum absolute atomic E-state index is 8.99. The van der Waals surface area contributed by atoms with Crippen LogP contribution < -0.4 is 0 Å². The molecule has 0 saturated heterocycles. The van der Waals surface area contributed by atoms with Crippen LogP contribution in [0.1, 0.15) is 27.2 Å². The van der Waals surface area contributed by atoms with Crippen molar-refractivity contribution in [1.29, 1.82) is 0 Å². The molecule has 64 valence electrons. The third-order valence-electron chi connectivity index (χ3n) is 1.05. The molecule has 1 atom stereocenters. The lowest BCUT2D eigenvalue weighted by molar-refractivity contribution is 0.133. The third-order valence-corrected chi connectivity index (χ3v) is 1.05. The van der Waals surface area contributed by atoms with Crippen LogP contribution in [0.2, 0.25) is 0 Å². The van der Waals surface area contributed by atoms with E-state index >= 15 is 0 Å². The predicted octanol–water partition coefficient (Wildman–Crippen LogP) is 1.35. The Labute approximate surface area is 64.9 Å². The van der Waals surface area contributed by atoms with Gasteiger partial charge >= 0.3 is 0 Å². The quantitative estimate of drug-likeness (QED) is 0.651. The van der Waals surface area contributed by atoms with Crippen LogP contribution in [0, 0.1) is 0 Å². The van der Waals surface area contributed by atoms with Crippen molar-refractivity contribution in [3.8, 4) is 0 Å². The van der Waals surface area contributed by atoms with Gasteiger partial charge in [0.25, 0.3) is 0 Å². The largest absolute Gasteiger partial charge is 0.392 e.